The van der Waals surface area contributed by atoms with Crippen molar-refractivity contribution >= 4 is 24.5 Å². The lowest BCUT2D eigenvalue weighted by atomic mass is 10.0. The second-order valence-electron chi connectivity index (χ2n) is 3.51. The number of benzene rings is 1. The van der Waals surface area contributed by atoms with Gasteiger partial charge in [-0.2, -0.15) is 0 Å². The van der Waals surface area contributed by atoms with Gasteiger partial charge in [-0.25, -0.2) is 4.79 Å². The van der Waals surface area contributed by atoms with Gasteiger partial charge in [-0.1, -0.05) is 18.2 Å². The minimum Gasteiger partial charge on any atom is -0.478 e. The maximum absolute atomic E-state index is 10.8. The van der Waals surface area contributed by atoms with Crippen molar-refractivity contribution in [3.63, 3.8) is 0 Å². The first-order valence-corrected chi connectivity index (χ1v) is 4.80. The van der Waals surface area contributed by atoms with Crippen LogP contribution in [0.3, 0.4) is 0 Å². The standard InChI is InChI=1S/C12H12O2.ClH/c13-12(14)11-7-6-9-4-2-1-3-5-10(9)8-11;/h2,4,6-8H,1,3,5H2,(H,13,14);1H. The molecule has 0 heterocycles. The van der Waals surface area contributed by atoms with E-state index in [0.717, 1.165) is 30.4 Å². The van der Waals surface area contributed by atoms with Crippen LogP contribution in [0.1, 0.15) is 34.3 Å². The SMILES string of the molecule is Cl.O=C(O)c1ccc2c(c1)CCCC=C2. The highest BCUT2D eigenvalue weighted by atomic mass is 35.5. The van der Waals surface area contributed by atoms with E-state index in [9.17, 15) is 4.79 Å². The topological polar surface area (TPSA) is 37.3 Å². The number of carboxylic acid groups (broad SMARTS) is 1. The summed E-state index contributed by atoms with van der Waals surface area (Å²) in [5, 5.41) is 8.84. The summed E-state index contributed by atoms with van der Waals surface area (Å²) in [5.74, 6) is -0.846. The number of carboxylic acids is 1. The van der Waals surface area contributed by atoms with E-state index in [2.05, 4.69) is 12.2 Å². The predicted octanol–water partition coefficient (Wildman–Crippen LogP) is 3.16. The quantitative estimate of drug-likeness (QED) is 0.796. The van der Waals surface area contributed by atoms with Crippen LogP contribution in [0, 0.1) is 0 Å². The fourth-order valence-corrected chi connectivity index (χ4v) is 1.74. The number of rotatable bonds is 1. The Morgan fingerprint density at radius 1 is 1.33 bits per heavy atom. The smallest absolute Gasteiger partial charge is 0.335 e. The summed E-state index contributed by atoms with van der Waals surface area (Å²) in [5.41, 5.74) is 2.70. The molecule has 0 aromatic heterocycles. The number of hydrogen-bond acceptors (Lipinski definition) is 1. The summed E-state index contributed by atoms with van der Waals surface area (Å²) >= 11 is 0. The summed E-state index contributed by atoms with van der Waals surface area (Å²) in [4.78, 5) is 10.8. The molecule has 0 saturated heterocycles. The van der Waals surface area contributed by atoms with E-state index in [4.69, 9.17) is 5.11 Å². The molecular formula is C12H13ClO2. The molecule has 1 N–H and O–H groups in total. The summed E-state index contributed by atoms with van der Waals surface area (Å²) in [6.45, 7) is 0. The Kier molecular flexibility index (Phi) is 3.92. The van der Waals surface area contributed by atoms with Gasteiger partial charge in [-0.15, -0.1) is 12.4 Å². The van der Waals surface area contributed by atoms with Crippen LogP contribution >= 0.6 is 12.4 Å². The van der Waals surface area contributed by atoms with E-state index in [1.165, 1.54) is 0 Å². The average Bonchev–Trinajstić information content (AvgIpc) is 2.41. The van der Waals surface area contributed by atoms with Gasteiger partial charge in [-0.05, 0) is 42.5 Å². The molecule has 0 unspecified atom stereocenters. The molecule has 3 heteroatoms. The molecule has 1 aliphatic rings. The summed E-state index contributed by atoms with van der Waals surface area (Å²) < 4.78 is 0. The highest BCUT2D eigenvalue weighted by Gasteiger charge is 2.08. The summed E-state index contributed by atoms with van der Waals surface area (Å²) in [6, 6.07) is 5.34. The molecule has 1 aliphatic carbocycles. The highest BCUT2D eigenvalue weighted by Crippen LogP contribution is 2.20. The van der Waals surface area contributed by atoms with Gasteiger partial charge < -0.3 is 5.11 Å². The molecule has 0 fully saturated rings. The van der Waals surface area contributed by atoms with E-state index in [0.29, 0.717) is 5.56 Å². The number of halogens is 1. The molecule has 0 atom stereocenters. The van der Waals surface area contributed by atoms with Crippen molar-refractivity contribution in [1.82, 2.24) is 0 Å². The van der Waals surface area contributed by atoms with Crippen molar-refractivity contribution in [2.45, 2.75) is 19.3 Å². The fraction of sp³-hybridized carbons (Fsp3) is 0.250. The third-order valence-corrected chi connectivity index (χ3v) is 2.50. The predicted molar refractivity (Wildman–Crippen MR) is 62.6 cm³/mol. The molecule has 0 radical (unpaired) electrons. The van der Waals surface area contributed by atoms with Gasteiger partial charge in [0, 0.05) is 0 Å². The van der Waals surface area contributed by atoms with E-state index in [1.807, 2.05) is 6.07 Å². The van der Waals surface area contributed by atoms with E-state index < -0.39 is 5.97 Å². The van der Waals surface area contributed by atoms with Crippen LogP contribution in [0.5, 0.6) is 0 Å². The molecular weight excluding hydrogens is 212 g/mol. The molecule has 15 heavy (non-hydrogen) atoms. The Bertz CT molecular complexity index is 397. The number of fused-ring (bicyclic) bond motifs is 1. The molecule has 0 bridgehead atoms. The lowest BCUT2D eigenvalue weighted by Gasteiger charge is -2.04. The normalized spacial score (nSPS) is 13.6. The highest BCUT2D eigenvalue weighted by molar-refractivity contribution is 5.88. The first-order chi connectivity index (χ1) is 6.77. The van der Waals surface area contributed by atoms with Crippen LogP contribution in [-0.2, 0) is 6.42 Å². The van der Waals surface area contributed by atoms with Crippen LogP contribution in [0.4, 0.5) is 0 Å². The van der Waals surface area contributed by atoms with Crippen LogP contribution < -0.4 is 0 Å². The third kappa shape index (κ3) is 2.60. The van der Waals surface area contributed by atoms with Crippen molar-refractivity contribution in [2.24, 2.45) is 0 Å². The fourth-order valence-electron chi connectivity index (χ4n) is 1.74. The molecule has 0 spiro atoms. The van der Waals surface area contributed by atoms with Gasteiger partial charge in [0.2, 0.25) is 0 Å². The van der Waals surface area contributed by atoms with Crippen LogP contribution in [0.25, 0.3) is 6.08 Å². The van der Waals surface area contributed by atoms with Crippen molar-refractivity contribution in [1.29, 1.82) is 0 Å². The Hall–Kier alpha value is -1.28. The van der Waals surface area contributed by atoms with E-state index >= 15 is 0 Å². The van der Waals surface area contributed by atoms with Crippen molar-refractivity contribution in [3.05, 3.63) is 41.0 Å². The number of aromatic carboxylic acids is 1. The first-order valence-electron chi connectivity index (χ1n) is 4.80. The van der Waals surface area contributed by atoms with Crippen molar-refractivity contribution < 1.29 is 9.90 Å². The van der Waals surface area contributed by atoms with Gasteiger partial charge >= 0.3 is 5.97 Å². The molecule has 0 amide bonds. The molecule has 0 saturated carbocycles. The van der Waals surface area contributed by atoms with E-state index in [1.54, 1.807) is 12.1 Å². The lowest BCUT2D eigenvalue weighted by Crippen LogP contribution is -1.98. The Morgan fingerprint density at radius 3 is 2.87 bits per heavy atom. The van der Waals surface area contributed by atoms with E-state index in [-0.39, 0.29) is 12.4 Å². The van der Waals surface area contributed by atoms with Crippen LogP contribution in [-0.4, -0.2) is 11.1 Å². The molecule has 80 valence electrons. The number of carbonyl (C=O) groups is 1. The number of aryl methyl sites for hydroxylation is 1. The largest absolute Gasteiger partial charge is 0.478 e. The minimum atomic E-state index is -0.846. The second-order valence-corrected chi connectivity index (χ2v) is 3.51. The van der Waals surface area contributed by atoms with Gasteiger partial charge in [0.15, 0.2) is 0 Å². The first kappa shape index (κ1) is 11.8. The summed E-state index contributed by atoms with van der Waals surface area (Å²) in [7, 11) is 0. The van der Waals surface area contributed by atoms with Gasteiger partial charge in [0.25, 0.3) is 0 Å². The number of hydrogen-bond donors (Lipinski definition) is 1. The van der Waals surface area contributed by atoms with Crippen LogP contribution in [0.2, 0.25) is 0 Å². The van der Waals surface area contributed by atoms with Crippen LogP contribution in [0.15, 0.2) is 24.3 Å². The zero-order chi connectivity index (χ0) is 9.97. The summed E-state index contributed by atoms with van der Waals surface area (Å²) in [6.07, 6.45) is 7.38. The Morgan fingerprint density at radius 2 is 2.13 bits per heavy atom. The second kappa shape index (κ2) is 4.99. The Labute approximate surface area is 95.0 Å². The number of allylic oxidation sites excluding steroid dienone is 1. The zero-order valence-electron chi connectivity index (χ0n) is 8.27. The monoisotopic (exact) mass is 224 g/mol. The molecule has 1 aromatic carbocycles. The lowest BCUT2D eigenvalue weighted by molar-refractivity contribution is 0.0697. The van der Waals surface area contributed by atoms with Gasteiger partial charge in [-0.3, -0.25) is 0 Å². The van der Waals surface area contributed by atoms with Crippen molar-refractivity contribution in [2.75, 3.05) is 0 Å². The average molecular weight is 225 g/mol. The minimum absolute atomic E-state index is 0. The maximum Gasteiger partial charge on any atom is 0.335 e. The molecule has 2 nitrogen and oxygen atoms in total. The zero-order valence-corrected chi connectivity index (χ0v) is 9.09. The van der Waals surface area contributed by atoms with Gasteiger partial charge in [0.1, 0.15) is 0 Å². The Balaban J connectivity index is 0.00000112. The molecule has 0 aliphatic heterocycles. The maximum atomic E-state index is 10.8. The molecule has 2 rings (SSSR count). The van der Waals surface area contributed by atoms with Crippen molar-refractivity contribution in [3.8, 4) is 0 Å². The molecule has 1 aromatic rings. The van der Waals surface area contributed by atoms with Gasteiger partial charge in [0.05, 0.1) is 5.56 Å². The third-order valence-electron chi connectivity index (χ3n) is 2.50.